The number of carbonyl (C=O) groups excluding carboxylic acids is 1. The van der Waals surface area contributed by atoms with E-state index in [1.165, 1.54) is 12.1 Å². The summed E-state index contributed by atoms with van der Waals surface area (Å²) in [6.07, 6.45) is 5.19. The summed E-state index contributed by atoms with van der Waals surface area (Å²) in [7, 11) is -3.66. The van der Waals surface area contributed by atoms with Crippen LogP contribution >= 0.6 is 0 Å². The molecule has 1 aliphatic rings. The number of ketones is 1. The highest BCUT2D eigenvalue weighted by molar-refractivity contribution is 7.89. The predicted molar refractivity (Wildman–Crippen MR) is 93.3 cm³/mol. The van der Waals surface area contributed by atoms with E-state index in [-0.39, 0.29) is 16.6 Å². The molecule has 0 fully saturated rings. The van der Waals surface area contributed by atoms with Gasteiger partial charge in [-0.25, -0.2) is 13.6 Å². The second kappa shape index (κ2) is 7.25. The molecule has 0 radical (unpaired) electrons. The van der Waals surface area contributed by atoms with Crippen molar-refractivity contribution in [2.45, 2.75) is 30.1 Å². The maximum absolute atomic E-state index is 11.9. The molecule has 1 atom stereocenters. The number of allylic oxidation sites excluding steroid dienone is 2. The summed E-state index contributed by atoms with van der Waals surface area (Å²) in [6.45, 7) is 0.651. The number of benzene rings is 1. The molecule has 3 rings (SSSR count). The zero-order chi connectivity index (χ0) is 17.9. The molecule has 0 unspecified atom stereocenters. The molecule has 2 aromatic rings. The molecule has 0 amide bonds. The smallest absolute Gasteiger partial charge is 0.238 e. The summed E-state index contributed by atoms with van der Waals surface area (Å²) < 4.78 is 27.9. The minimum absolute atomic E-state index is 0.0732. The van der Waals surface area contributed by atoms with E-state index in [0.29, 0.717) is 19.4 Å². The second-order valence-corrected chi connectivity index (χ2v) is 7.68. The van der Waals surface area contributed by atoms with Crippen LogP contribution in [0.5, 0.6) is 0 Å². The number of hydrogen-bond acceptors (Lipinski definition) is 5. The van der Waals surface area contributed by atoms with Crippen LogP contribution in [0.4, 0.5) is 0 Å². The van der Waals surface area contributed by atoms with Gasteiger partial charge in [0.15, 0.2) is 5.78 Å². The van der Waals surface area contributed by atoms with Gasteiger partial charge in [-0.3, -0.25) is 4.79 Å². The zero-order valence-corrected chi connectivity index (χ0v) is 14.5. The monoisotopic (exact) mass is 360 g/mol. The lowest BCUT2D eigenvalue weighted by atomic mass is 9.89. The van der Waals surface area contributed by atoms with Gasteiger partial charge in [-0.2, -0.15) is 0 Å². The fourth-order valence-electron chi connectivity index (χ4n) is 2.95. The number of primary sulfonamides is 1. The molecule has 25 heavy (non-hydrogen) atoms. The predicted octanol–water partition coefficient (Wildman–Crippen LogP) is 2.09. The molecule has 7 heteroatoms. The van der Waals surface area contributed by atoms with E-state index in [1.807, 2.05) is 12.1 Å². The Hall–Kier alpha value is -2.38. The first-order valence-corrected chi connectivity index (χ1v) is 9.59. The highest BCUT2D eigenvalue weighted by Gasteiger charge is 2.23. The van der Waals surface area contributed by atoms with E-state index in [9.17, 15) is 13.2 Å². The van der Waals surface area contributed by atoms with Crippen molar-refractivity contribution in [1.82, 2.24) is 5.32 Å². The van der Waals surface area contributed by atoms with Crippen LogP contribution in [0.2, 0.25) is 0 Å². The minimum atomic E-state index is -3.66. The van der Waals surface area contributed by atoms with E-state index in [2.05, 4.69) is 5.32 Å². The zero-order valence-electron chi connectivity index (χ0n) is 13.6. The van der Waals surface area contributed by atoms with Crippen molar-refractivity contribution in [3.05, 3.63) is 65.8 Å². The Bertz CT molecular complexity index is 868. The Labute approximate surface area is 146 Å². The number of rotatable bonds is 6. The van der Waals surface area contributed by atoms with E-state index >= 15 is 0 Å². The highest BCUT2D eigenvalue weighted by Crippen LogP contribution is 2.30. The quantitative estimate of drug-likeness (QED) is 0.821. The van der Waals surface area contributed by atoms with Crippen molar-refractivity contribution >= 4 is 15.8 Å². The number of sulfonamides is 1. The molecule has 0 bridgehead atoms. The van der Waals surface area contributed by atoms with Gasteiger partial charge in [0, 0.05) is 30.7 Å². The molecular weight excluding hydrogens is 340 g/mol. The van der Waals surface area contributed by atoms with Crippen LogP contribution in [0.15, 0.2) is 63.7 Å². The number of hydrogen-bond donors (Lipinski definition) is 2. The van der Waals surface area contributed by atoms with Crippen molar-refractivity contribution in [3.8, 4) is 0 Å². The fraction of sp³-hybridized carbons (Fsp3) is 0.278. The van der Waals surface area contributed by atoms with E-state index in [4.69, 9.17) is 9.56 Å². The molecule has 6 nitrogen and oxygen atoms in total. The van der Waals surface area contributed by atoms with Crippen molar-refractivity contribution in [3.63, 3.8) is 0 Å². The molecule has 132 valence electrons. The lowest BCUT2D eigenvalue weighted by Gasteiger charge is -2.21. The first-order valence-electron chi connectivity index (χ1n) is 8.04. The number of nitrogens with two attached hydrogens (primary N) is 1. The molecule has 1 aliphatic carbocycles. The first kappa shape index (κ1) is 17.4. The average Bonchev–Trinajstić information content (AvgIpc) is 3.08. The molecule has 1 aromatic carbocycles. The van der Waals surface area contributed by atoms with Crippen LogP contribution in [0.3, 0.4) is 0 Å². The average molecular weight is 360 g/mol. The van der Waals surface area contributed by atoms with Gasteiger partial charge in [0.05, 0.1) is 11.2 Å². The van der Waals surface area contributed by atoms with Crippen LogP contribution in [0.25, 0.3) is 0 Å². The van der Waals surface area contributed by atoms with E-state index < -0.39 is 10.0 Å². The Morgan fingerprint density at radius 2 is 1.92 bits per heavy atom. The first-order chi connectivity index (χ1) is 11.9. The normalized spacial score (nSPS) is 18.0. The molecule has 0 spiro atoms. The molecule has 0 aliphatic heterocycles. The van der Waals surface area contributed by atoms with Crippen molar-refractivity contribution in [1.29, 1.82) is 0 Å². The molecule has 1 aromatic heterocycles. The number of carbonyl (C=O) groups is 1. The number of furan rings is 1. The highest BCUT2D eigenvalue weighted by atomic mass is 32.2. The second-order valence-electron chi connectivity index (χ2n) is 6.12. The van der Waals surface area contributed by atoms with Gasteiger partial charge in [-0.1, -0.05) is 12.1 Å². The molecule has 0 saturated carbocycles. The summed E-state index contributed by atoms with van der Waals surface area (Å²) in [5.74, 6) is 0.996. The van der Waals surface area contributed by atoms with Gasteiger partial charge >= 0.3 is 0 Å². The lowest BCUT2D eigenvalue weighted by Crippen LogP contribution is -2.23. The third-order valence-corrected chi connectivity index (χ3v) is 5.14. The largest absolute Gasteiger partial charge is 0.469 e. The lowest BCUT2D eigenvalue weighted by molar-refractivity contribution is -0.115. The van der Waals surface area contributed by atoms with Gasteiger partial charge in [0.1, 0.15) is 5.76 Å². The van der Waals surface area contributed by atoms with Crippen LogP contribution in [0.1, 0.15) is 30.1 Å². The van der Waals surface area contributed by atoms with Gasteiger partial charge in [0.2, 0.25) is 10.0 Å². The molecule has 3 N–H and O–H groups in total. The van der Waals surface area contributed by atoms with Gasteiger partial charge in [0.25, 0.3) is 0 Å². The van der Waals surface area contributed by atoms with Crippen LogP contribution in [0, 0.1) is 0 Å². The number of nitrogens with one attached hydrogen (secondary N) is 1. The van der Waals surface area contributed by atoms with E-state index in [0.717, 1.165) is 23.4 Å². The third kappa shape index (κ3) is 4.58. The Balaban J connectivity index is 1.55. The van der Waals surface area contributed by atoms with Crippen molar-refractivity contribution in [2.75, 3.05) is 6.54 Å². The Morgan fingerprint density at radius 3 is 2.56 bits per heavy atom. The maximum Gasteiger partial charge on any atom is 0.238 e. The topological polar surface area (TPSA) is 102 Å². The summed E-state index contributed by atoms with van der Waals surface area (Å²) >= 11 is 0. The molecule has 1 heterocycles. The van der Waals surface area contributed by atoms with Crippen molar-refractivity contribution in [2.24, 2.45) is 5.14 Å². The maximum atomic E-state index is 11.9. The van der Waals surface area contributed by atoms with Crippen LogP contribution < -0.4 is 10.5 Å². The van der Waals surface area contributed by atoms with Crippen LogP contribution in [-0.2, 0) is 21.2 Å². The summed E-state index contributed by atoms with van der Waals surface area (Å²) in [5.41, 5.74) is 1.89. The Kier molecular flexibility index (Phi) is 5.06. The summed E-state index contributed by atoms with van der Waals surface area (Å²) in [4.78, 5) is 12.0. The fourth-order valence-corrected chi connectivity index (χ4v) is 3.47. The standard InChI is InChI=1S/C18H20N2O4S/c19-25(22,23)17-5-3-13(4-6-17)7-8-20-15-10-14(11-16(21)12-15)18-2-1-9-24-18/h1-6,9,12,14,20H,7-8,10-11H2,(H2,19,22,23)/t14-/m1/s1. The molecule has 0 saturated heterocycles. The van der Waals surface area contributed by atoms with Crippen LogP contribution in [-0.4, -0.2) is 20.7 Å². The Morgan fingerprint density at radius 1 is 1.16 bits per heavy atom. The summed E-state index contributed by atoms with van der Waals surface area (Å²) in [5, 5.41) is 8.38. The minimum Gasteiger partial charge on any atom is -0.469 e. The van der Waals surface area contributed by atoms with E-state index in [1.54, 1.807) is 24.5 Å². The SMILES string of the molecule is NS(=O)(=O)c1ccc(CCNC2=CC(=O)C[C@H](c3ccco3)C2)cc1. The molecular formula is C18H20N2O4S. The van der Waals surface area contributed by atoms with Crippen molar-refractivity contribution < 1.29 is 17.6 Å². The summed E-state index contributed by atoms with van der Waals surface area (Å²) in [6, 6.07) is 10.2. The third-order valence-electron chi connectivity index (χ3n) is 4.21. The van der Waals surface area contributed by atoms with Gasteiger partial charge in [-0.05, 0) is 42.7 Å². The van der Waals surface area contributed by atoms with Gasteiger partial charge in [-0.15, -0.1) is 0 Å². The van der Waals surface area contributed by atoms with Gasteiger partial charge < -0.3 is 9.73 Å².